The molecule has 22 heavy (non-hydrogen) atoms. The van der Waals surface area contributed by atoms with Gasteiger partial charge in [0.1, 0.15) is 6.04 Å². The number of benzene rings is 2. The maximum atomic E-state index is 10.7. The lowest BCUT2D eigenvalue weighted by Gasteiger charge is -2.09. The summed E-state index contributed by atoms with van der Waals surface area (Å²) < 4.78 is 22.7. The summed E-state index contributed by atoms with van der Waals surface area (Å²) in [5, 5.41) is 8.75. The lowest BCUT2D eigenvalue weighted by molar-refractivity contribution is -0.138. The number of nitrogens with one attached hydrogen (secondary N) is 1. The Morgan fingerprint density at radius 2 is 1.55 bits per heavy atom. The van der Waals surface area contributed by atoms with Gasteiger partial charge in [0.2, 0.25) is 10.9 Å². The van der Waals surface area contributed by atoms with Crippen molar-refractivity contribution in [3.63, 3.8) is 0 Å². The fourth-order valence-corrected chi connectivity index (χ4v) is 2.16. The van der Waals surface area contributed by atoms with Gasteiger partial charge in [-0.05, 0) is 18.9 Å². The Bertz CT molecular complexity index is 634. The molecule has 118 valence electrons. The minimum absolute atomic E-state index is 0.138. The molecule has 0 heterocycles. The summed E-state index contributed by atoms with van der Waals surface area (Å²) in [6.45, 7) is 2.08. The van der Waals surface area contributed by atoms with Crippen molar-refractivity contribution < 1.29 is 18.3 Å². The number of carboxylic acids is 1. The van der Waals surface area contributed by atoms with E-state index in [0.29, 0.717) is 0 Å². The van der Waals surface area contributed by atoms with Gasteiger partial charge >= 0.3 is 5.97 Å². The molecule has 0 unspecified atom stereocenters. The normalized spacial score (nSPS) is 11.4. The molecule has 2 aromatic carbocycles. The molecule has 5 nitrogen and oxygen atoms in total. The molecule has 0 amide bonds. The van der Waals surface area contributed by atoms with Crippen LogP contribution in [0, 0.1) is 6.92 Å². The molecular weight excluding hydrogens is 302 g/mol. The smallest absolute Gasteiger partial charge is 0.322 e. The van der Waals surface area contributed by atoms with Crippen molar-refractivity contribution in [2.24, 2.45) is 0 Å². The molecular formula is C16H19NO4S. The molecule has 0 saturated heterocycles. The van der Waals surface area contributed by atoms with Gasteiger partial charge in [0.25, 0.3) is 0 Å². The lowest BCUT2D eigenvalue weighted by Crippen LogP contribution is -2.37. The van der Waals surface area contributed by atoms with Crippen molar-refractivity contribution in [3.05, 3.63) is 71.8 Å². The molecule has 0 fully saturated rings. The Labute approximate surface area is 131 Å². The number of carbonyl (C=O) groups is 1. The van der Waals surface area contributed by atoms with E-state index in [2.05, 4.69) is 19.1 Å². The average molecular weight is 321 g/mol. The van der Waals surface area contributed by atoms with Crippen LogP contribution >= 0.6 is 0 Å². The van der Waals surface area contributed by atoms with Crippen LogP contribution < -0.4 is 4.72 Å². The Morgan fingerprint density at radius 3 is 1.91 bits per heavy atom. The van der Waals surface area contributed by atoms with Crippen molar-refractivity contribution in [1.29, 1.82) is 0 Å². The highest BCUT2D eigenvalue weighted by Gasteiger charge is 2.17. The highest BCUT2D eigenvalue weighted by atomic mass is 32.2. The highest BCUT2D eigenvalue weighted by Crippen LogP contribution is 2.03. The highest BCUT2D eigenvalue weighted by molar-refractivity contribution is 7.70. The van der Waals surface area contributed by atoms with Crippen LogP contribution in [-0.4, -0.2) is 25.5 Å². The average Bonchev–Trinajstić information content (AvgIpc) is 2.48. The van der Waals surface area contributed by atoms with Crippen molar-refractivity contribution in [2.45, 2.75) is 19.4 Å². The summed E-state index contributed by atoms with van der Waals surface area (Å²) in [7, 11) is -2.90. The maximum absolute atomic E-state index is 10.7. The van der Waals surface area contributed by atoms with E-state index in [1.165, 1.54) is 5.56 Å². The molecule has 0 radical (unpaired) electrons. The SMILES string of the molecule is Cc1ccccc1.O=C(O)[C@H](Cc1ccccc1)N[SH](=O)=O. The molecule has 2 N–H and O–H groups in total. The maximum Gasteiger partial charge on any atom is 0.322 e. The molecule has 0 spiro atoms. The van der Waals surface area contributed by atoms with E-state index in [1.54, 1.807) is 30.3 Å². The number of rotatable bonds is 5. The van der Waals surface area contributed by atoms with Crippen LogP contribution in [0.3, 0.4) is 0 Å². The van der Waals surface area contributed by atoms with Crippen LogP contribution in [0.4, 0.5) is 0 Å². The Balaban J connectivity index is 0.000000287. The molecule has 6 heteroatoms. The van der Waals surface area contributed by atoms with Crippen LogP contribution in [0.25, 0.3) is 0 Å². The summed E-state index contributed by atoms with van der Waals surface area (Å²) in [4.78, 5) is 10.7. The second-order valence-electron chi connectivity index (χ2n) is 4.62. The van der Waals surface area contributed by atoms with E-state index in [4.69, 9.17) is 5.11 Å². The van der Waals surface area contributed by atoms with Crippen LogP contribution in [0.15, 0.2) is 60.7 Å². The fraction of sp³-hybridized carbons (Fsp3) is 0.188. The van der Waals surface area contributed by atoms with E-state index in [1.807, 2.05) is 22.9 Å². The van der Waals surface area contributed by atoms with E-state index in [0.717, 1.165) is 5.56 Å². The first-order valence-electron chi connectivity index (χ1n) is 6.68. The van der Waals surface area contributed by atoms with Gasteiger partial charge < -0.3 is 5.11 Å². The molecule has 0 aromatic heterocycles. The summed E-state index contributed by atoms with van der Waals surface area (Å²) in [5.41, 5.74) is 2.09. The molecule has 1 atom stereocenters. The fourth-order valence-electron chi connectivity index (χ4n) is 1.70. The number of aryl methyl sites for hydroxylation is 1. The Hall–Kier alpha value is -2.18. The lowest BCUT2D eigenvalue weighted by atomic mass is 10.1. The van der Waals surface area contributed by atoms with Crippen LogP contribution in [0.5, 0.6) is 0 Å². The van der Waals surface area contributed by atoms with Crippen LogP contribution in [0.2, 0.25) is 0 Å². The first-order chi connectivity index (χ1) is 10.5. The number of aliphatic carboxylic acids is 1. The molecule has 0 aliphatic rings. The van der Waals surface area contributed by atoms with Gasteiger partial charge in [-0.15, -0.1) is 0 Å². The van der Waals surface area contributed by atoms with Gasteiger partial charge in [0.05, 0.1) is 0 Å². The van der Waals surface area contributed by atoms with Crippen molar-refractivity contribution in [1.82, 2.24) is 4.72 Å². The standard InChI is InChI=1S/C9H11NO4S.C7H8/c11-9(12)8(10-15(13)14)6-7-4-2-1-3-5-7;1-7-5-3-2-4-6-7/h1-5,8,15H,6H2,(H,11,12)(H,10,13,14);2-6H,1H3/t8-;/m0./s1. The van der Waals surface area contributed by atoms with Gasteiger partial charge in [-0.3, -0.25) is 4.79 Å². The minimum Gasteiger partial charge on any atom is -0.480 e. The van der Waals surface area contributed by atoms with Crippen molar-refractivity contribution >= 4 is 16.9 Å². The van der Waals surface area contributed by atoms with Gasteiger partial charge in [-0.2, -0.15) is 0 Å². The molecule has 2 aromatic rings. The predicted octanol–water partition coefficient (Wildman–Crippen LogP) is 1.79. The second-order valence-corrected chi connectivity index (χ2v) is 5.39. The minimum atomic E-state index is -2.90. The Kier molecular flexibility index (Phi) is 7.88. The van der Waals surface area contributed by atoms with Gasteiger partial charge in [0.15, 0.2) is 0 Å². The number of carboxylic acid groups (broad SMARTS) is 1. The van der Waals surface area contributed by atoms with Gasteiger partial charge in [-0.25, -0.2) is 13.1 Å². The van der Waals surface area contributed by atoms with E-state index in [-0.39, 0.29) is 6.42 Å². The number of hydrogen-bond acceptors (Lipinski definition) is 3. The monoisotopic (exact) mass is 321 g/mol. The van der Waals surface area contributed by atoms with Crippen LogP contribution in [-0.2, 0) is 22.1 Å². The second kappa shape index (κ2) is 9.70. The third kappa shape index (κ3) is 7.56. The summed E-state index contributed by atoms with van der Waals surface area (Å²) in [6, 6.07) is 18.0. The number of thiol groups is 1. The number of hydrogen-bond donors (Lipinski definition) is 3. The third-order valence-corrected chi connectivity index (χ3v) is 3.30. The quantitative estimate of drug-likeness (QED) is 0.733. The zero-order valence-electron chi connectivity index (χ0n) is 12.2. The molecule has 0 aliphatic heterocycles. The summed E-state index contributed by atoms with van der Waals surface area (Å²) in [6.07, 6.45) is 0.138. The van der Waals surface area contributed by atoms with E-state index in [9.17, 15) is 13.2 Å². The van der Waals surface area contributed by atoms with E-state index >= 15 is 0 Å². The van der Waals surface area contributed by atoms with Gasteiger partial charge in [-0.1, -0.05) is 66.2 Å². The zero-order chi connectivity index (χ0) is 16.4. The van der Waals surface area contributed by atoms with Crippen LogP contribution in [0.1, 0.15) is 11.1 Å². The summed E-state index contributed by atoms with van der Waals surface area (Å²) in [5.74, 6) is -1.18. The largest absolute Gasteiger partial charge is 0.480 e. The summed E-state index contributed by atoms with van der Waals surface area (Å²) >= 11 is 0. The van der Waals surface area contributed by atoms with Crippen molar-refractivity contribution in [3.8, 4) is 0 Å². The molecule has 0 aliphatic carbocycles. The predicted molar refractivity (Wildman–Crippen MR) is 86.2 cm³/mol. The molecule has 0 bridgehead atoms. The molecule has 2 rings (SSSR count). The first-order valence-corrected chi connectivity index (χ1v) is 7.85. The first kappa shape index (κ1) is 17.9. The van der Waals surface area contributed by atoms with Gasteiger partial charge in [0, 0.05) is 0 Å². The zero-order valence-corrected chi connectivity index (χ0v) is 13.1. The van der Waals surface area contributed by atoms with Crippen molar-refractivity contribution in [2.75, 3.05) is 0 Å². The van der Waals surface area contributed by atoms with E-state index < -0.39 is 22.9 Å². The topological polar surface area (TPSA) is 83.5 Å². The molecule has 0 saturated carbocycles. The third-order valence-electron chi connectivity index (χ3n) is 2.78. The Morgan fingerprint density at radius 1 is 1.05 bits per heavy atom.